The number of phosphoric acid groups is 1. The molecule has 8 heterocycles. The minimum absolute atomic E-state index is 0.0903. The number of fused-ring (bicyclic) bond motifs is 4. The molecule has 0 radical (unpaired) electrons. The number of likely N-dealkylation sites (N-methyl/N-ethyl adjacent to an activating group) is 1. The van der Waals surface area contributed by atoms with Crippen LogP contribution in [-0.4, -0.2) is 191 Å². The first-order chi connectivity index (χ1) is 43.3. The number of Topliss-reactive ketones (excluding diaryl/α,β-unsaturated/α-hetero) is 1. The van der Waals surface area contributed by atoms with Gasteiger partial charge >= 0.3 is 32.8 Å². The van der Waals surface area contributed by atoms with E-state index in [0.717, 1.165) is 45.5 Å². The van der Waals surface area contributed by atoms with Crippen molar-refractivity contribution in [3.05, 3.63) is 73.2 Å². The molecule has 2 unspecified atom stereocenters. The number of nitrogen functional groups attached to an aromatic ring is 1. The Morgan fingerprint density at radius 1 is 0.868 bits per heavy atom. The molecule has 0 saturated carbocycles. The fraction of sp³-hybridized carbons (Fsp3) is 0.481. The summed E-state index contributed by atoms with van der Waals surface area (Å²) in [6.45, 7) is -3.55. The van der Waals surface area contributed by atoms with Gasteiger partial charge in [0.1, 0.15) is 61.7 Å². The number of phosphoric ester groups is 1. The Hall–Kier alpha value is -8.09. The second kappa shape index (κ2) is 29.0. The number of nitrogens with zero attached hydrogens (tertiary/aromatic N) is 9. The van der Waals surface area contributed by atoms with Crippen molar-refractivity contribution >= 4 is 113 Å². The highest BCUT2D eigenvalue weighted by Crippen LogP contribution is 2.55. The van der Waals surface area contributed by atoms with Crippen molar-refractivity contribution in [1.29, 1.82) is 0 Å². The molecule has 4 aliphatic heterocycles. The van der Waals surface area contributed by atoms with Gasteiger partial charge in [0, 0.05) is 62.9 Å². The van der Waals surface area contributed by atoms with Gasteiger partial charge in [-0.15, -0.1) is 0 Å². The third-order valence-corrected chi connectivity index (χ3v) is 17.3. The highest BCUT2D eigenvalue weighted by atomic mass is 32.5. The molecule has 3 saturated heterocycles. The molecule has 91 heavy (non-hydrogen) atoms. The van der Waals surface area contributed by atoms with Gasteiger partial charge in [-0.3, -0.25) is 52.3 Å². The summed E-state index contributed by atoms with van der Waals surface area (Å²) in [7, 11) is -3.85. The van der Waals surface area contributed by atoms with E-state index < -0.39 is 142 Å². The second-order valence-electron chi connectivity index (χ2n) is 21.4. The predicted molar refractivity (Wildman–Crippen MR) is 313 cm³/mol. The Labute approximate surface area is 519 Å². The van der Waals surface area contributed by atoms with Crippen molar-refractivity contribution in [2.24, 2.45) is 17.6 Å². The number of aromatic nitrogens is 7. The number of alkyl halides is 2. The standard InChI is InChI=1S/C52H63F2N15O19P2S/c1-26(2)39(64-34(71)13-16-67-35(72)10-11-36(67)73)31(70)19-28(5-4-14-57-50(56)75)47(74)63-29-8-6-27(7-9-29)20-82-52(77)66(3)17-18-81-51(76)65-44-40-46(61-24-59-44)69(25-62-40)49-38(54)42-32(86-49)21-83-89(78,79)87-41-33(22-84-90(80,91)88-42)85-48(37(41)53)68-15-12-30-43(55)58-23-60-45(30)68/h6-12,15,23-26,28,32-33,37-39,41-42,48-49H,4-5,13-14,16-22H2,1-3H3,(H,63,74)(H,64,71)(H,78,79)(H,80,91)(H2,55,58,60)(H3,56,57,75)(H,59,61,65,76)/t28-,32-,33-,37-,38-,39+,41-,42-,48-,49-,90?/m1/s1. The number of hydrogen-bond acceptors (Lipinski definition) is 24. The van der Waals surface area contributed by atoms with Crippen molar-refractivity contribution in [1.82, 2.24) is 54.5 Å². The van der Waals surface area contributed by atoms with Gasteiger partial charge in [-0.1, -0.05) is 26.0 Å². The number of urea groups is 1. The molecular weight excluding hydrogens is 1270 g/mol. The van der Waals surface area contributed by atoms with Crippen LogP contribution in [0, 0.1) is 11.8 Å². The van der Waals surface area contributed by atoms with Crippen LogP contribution in [0.3, 0.4) is 0 Å². The molecule has 4 aliphatic rings. The molecule has 3 fully saturated rings. The molecule has 490 valence electrons. The Bertz CT molecular complexity index is 3680. The summed E-state index contributed by atoms with van der Waals surface area (Å²) in [6, 6.07) is 5.97. The topological polar surface area (TPSA) is 449 Å². The van der Waals surface area contributed by atoms with Crippen LogP contribution < -0.4 is 32.7 Å². The van der Waals surface area contributed by atoms with Crippen LogP contribution in [0.1, 0.15) is 57.6 Å². The maximum absolute atomic E-state index is 16.7. The van der Waals surface area contributed by atoms with Crippen LogP contribution in [-0.2, 0) is 84.0 Å². The maximum Gasteiger partial charge on any atom is 0.472 e. The highest BCUT2D eigenvalue weighted by molar-refractivity contribution is 8.07. The molecule has 5 aromatic rings. The van der Waals surface area contributed by atoms with Crippen LogP contribution in [0.4, 0.5) is 40.5 Å². The van der Waals surface area contributed by atoms with E-state index in [1.54, 1.807) is 38.1 Å². The number of halogens is 2. The van der Waals surface area contributed by atoms with Crippen LogP contribution in [0.25, 0.3) is 22.2 Å². The Kier molecular flexibility index (Phi) is 21.5. The molecule has 1 aromatic carbocycles. The summed E-state index contributed by atoms with van der Waals surface area (Å²) in [6.07, 6.45) is -9.64. The number of benzene rings is 1. The third kappa shape index (κ3) is 16.5. The monoisotopic (exact) mass is 1330 g/mol. The number of nitrogens with two attached hydrogens (primary N) is 2. The minimum Gasteiger partial charge on any atom is -0.447 e. The van der Waals surface area contributed by atoms with Crippen LogP contribution in [0.5, 0.6) is 0 Å². The van der Waals surface area contributed by atoms with E-state index in [4.69, 9.17) is 60.3 Å². The van der Waals surface area contributed by atoms with Gasteiger partial charge < -0.3 is 70.1 Å². The zero-order chi connectivity index (χ0) is 65.5. The number of rotatable bonds is 22. The molecule has 4 aromatic heterocycles. The molecule has 34 nitrogen and oxygen atoms in total. The SMILES string of the molecule is CC(C)[C@H](NC(=O)CCN1C(=O)C=CC1=O)C(=O)C[C@@H](CCCNC(N)=O)C(=O)Nc1ccc(COC(=O)N(C)CCOC(=O)Nc2ncnc3c2ncn3[C@@H]2O[C@@H]3COP(=O)(O)O[C@H]4[C@@H](F)[C@H](n5ccc6c(N)ncnc65)O[C@@H]4COP(O)(=S)O[C@H]3[C@H]2F)cc1. The van der Waals surface area contributed by atoms with Gasteiger partial charge in [-0.05, 0) is 54.3 Å². The average molecular weight is 1330 g/mol. The molecule has 9 rings (SSSR count). The lowest BCUT2D eigenvalue weighted by molar-refractivity contribution is -0.137. The van der Waals surface area contributed by atoms with E-state index in [1.807, 2.05) is 0 Å². The van der Waals surface area contributed by atoms with Crippen molar-refractivity contribution in [3.8, 4) is 0 Å². The fourth-order valence-corrected chi connectivity index (χ4v) is 12.4. The number of imide groups is 1. The number of carbonyl (C=O) groups is 8. The van der Waals surface area contributed by atoms with Crippen molar-refractivity contribution in [2.75, 3.05) is 62.9 Å². The predicted octanol–water partition coefficient (Wildman–Crippen LogP) is 2.69. The molecular formula is C52H63F2N15O19P2S. The van der Waals surface area contributed by atoms with Crippen molar-refractivity contribution < 1.29 is 98.5 Å². The van der Waals surface area contributed by atoms with E-state index in [2.05, 4.69) is 46.2 Å². The summed E-state index contributed by atoms with van der Waals surface area (Å²) in [5, 5.41) is 10.6. The Morgan fingerprint density at radius 2 is 1.53 bits per heavy atom. The molecule has 0 spiro atoms. The summed E-state index contributed by atoms with van der Waals surface area (Å²) in [5.41, 5.74) is 11.9. The van der Waals surface area contributed by atoms with Gasteiger partial charge in [0.2, 0.25) is 11.8 Å². The number of ether oxygens (including phenoxy) is 4. The zero-order valence-electron chi connectivity index (χ0n) is 48.6. The van der Waals surface area contributed by atoms with E-state index in [9.17, 15) is 52.7 Å². The first kappa shape index (κ1) is 67.3. The molecule has 10 N–H and O–H groups in total. The number of ketones is 1. The third-order valence-electron chi connectivity index (χ3n) is 14.7. The lowest BCUT2D eigenvalue weighted by Gasteiger charge is -2.28. The Morgan fingerprint density at radius 3 is 2.22 bits per heavy atom. The zero-order valence-corrected chi connectivity index (χ0v) is 51.2. The minimum atomic E-state index is -5.23. The van der Waals surface area contributed by atoms with Crippen molar-refractivity contribution in [3.63, 3.8) is 0 Å². The Balaban J connectivity index is 0.738. The van der Waals surface area contributed by atoms with Crippen LogP contribution in [0.15, 0.2) is 67.7 Å². The maximum atomic E-state index is 16.7. The molecule has 12 atom stereocenters. The average Bonchev–Trinajstić information content (AvgIpc) is 1.63. The summed E-state index contributed by atoms with van der Waals surface area (Å²) in [5.74, 6) is -4.09. The smallest absolute Gasteiger partial charge is 0.447 e. The van der Waals surface area contributed by atoms with Crippen molar-refractivity contribution in [2.45, 2.75) is 101 Å². The van der Waals surface area contributed by atoms with E-state index in [1.165, 1.54) is 23.9 Å². The number of nitrogens with one attached hydrogen (secondary N) is 4. The fourth-order valence-electron chi connectivity index (χ4n) is 10.1. The molecule has 8 amide bonds. The highest BCUT2D eigenvalue weighted by Gasteiger charge is 2.54. The van der Waals surface area contributed by atoms with Crippen LogP contribution >= 0.6 is 14.5 Å². The number of anilines is 3. The molecule has 0 aliphatic carbocycles. The summed E-state index contributed by atoms with van der Waals surface area (Å²) < 4.78 is 92.7. The van der Waals surface area contributed by atoms with Gasteiger partial charge in [0.15, 0.2) is 47.6 Å². The van der Waals surface area contributed by atoms with E-state index >= 15 is 8.78 Å². The molecule has 39 heteroatoms. The number of amides is 8. The lowest BCUT2D eigenvalue weighted by atomic mass is 9.89. The number of imidazole rings is 1. The van der Waals surface area contributed by atoms with Gasteiger partial charge in [-0.25, -0.2) is 52.6 Å². The normalized spacial score (nSPS) is 25.6. The van der Waals surface area contributed by atoms with Crippen LogP contribution in [0.2, 0.25) is 0 Å². The first-order valence-corrected chi connectivity index (χ1v) is 32.1. The number of carbonyl (C=O) groups excluding carboxylic acids is 8. The summed E-state index contributed by atoms with van der Waals surface area (Å²) in [4.78, 5) is 146. The largest absolute Gasteiger partial charge is 0.472 e. The second-order valence-corrected chi connectivity index (χ2v) is 25.6. The molecule has 0 bridgehead atoms. The summed E-state index contributed by atoms with van der Waals surface area (Å²) >= 11 is 5.22. The van der Waals surface area contributed by atoms with Gasteiger partial charge in [0.05, 0.1) is 37.5 Å². The lowest BCUT2D eigenvalue weighted by Crippen LogP contribution is -2.46. The quantitative estimate of drug-likeness (QED) is 0.0280. The van der Waals surface area contributed by atoms with Gasteiger partial charge in [0.25, 0.3) is 11.8 Å². The van der Waals surface area contributed by atoms with E-state index in [0.29, 0.717) is 16.6 Å². The van der Waals surface area contributed by atoms with Gasteiger partial charge in [-0.2, -0.15) is 0 Å². The number of primary amides is 1. The number of hydrogen-bond donors (Lipinski definition) is 8. The first-order valence-electron chi connectivity index (χ1n) is 28.0. The van der Waals surface area contributed by atoms with E-state index in [-0.39, 0.29) is 87.0 Å².